The number of aromatic nitrogens is 1. The normalized spacial score (nSPS) is 11.4. The fourth-order valence-electron chi connectivity index (χ4n) is 1.56. The lowest BCUT2D eigenvalue weighted by Gasteiger charge is -2.28. The van der Waals surface area contributed by atoms with Crippen molar-refractivity contribution in [3.05, 3.63) is 22.3 Å². The first-order valence-corrected chi connectivity index (χ1v) is 7.95. The number of imide groups is 1. The van der Waals surface area contributed by atoms with E-state index in [2.05, 4.69) is 20.9 Å². The van der Waals surface area contributed by atoms with Crippen LogP contribution in [0, 0.1) is 11.3 Å². The van der Waals surface area contributed by atoms with Gasteiger partial charge in [0.2, 0.25) is 0 Å². The third kappa shape index (κ3) is 5.81. The van der Waals surface area contributed by atoms with Gasteiger partial charge in [-0.15, -0.1) is 0 Å². The Bertz CT molecular complexity index is 656. The number of amides is 2. The second-order valence-corrected chi connectivity index (χ2v) is 7.85. The van der Waals surface area contributed by atoms with Gasteiger partial charge < -0.3 is 9.47 Å². The van der Waals surface area contributed by atoms with E-state index >= 15 is 0 Å². The Morgan fingerprint density at radius 1 is 1.12 bits per heavy atom. The number of halogens is 1. The van der Waals surface area contributed by atoms with Gasteiger partial charge in [-0.2, -0.15) is 10.2 Å². The molecule has 0 aliphatic carbocycles. The number of hydrogen-bond acceptors (Lipinski definition) is 6. The number of nitrogens with zero attached hydrogens (tertiary/aromatic N) is 3. The molecule has 1 aromatic heterocycles. The van der Waals surface area contributed by atoms with Crippen molar-refractivity contribution in [2.75, 3.05) is 4.90 Å². The van der Waals surface area contributed by atoms with Gasteiger partial charge >= 0.3 is 12.2 Å². The van der Waals surface area contributed by atoms with Crippen LogP contribution in [-0.2, 0) is 9.47 Å². The van der Waals surface area contributed by atoms with Crippen molar-refractivity contribution >= 4 is 33.9 Å². The number of hydrogen-bond donors (Lipinski definition) is 0. The zero-order valence-corrected chi connectivity index (χ0v) is 16.1. The van der Waals surface area contributed by atoms with Gasteiger partial charge in [0.25, 0.3) is 0 Å². The van der Waals surface area contributed by atoms with Crippen molar-refractivity contribution in [3.63, 3.8) is 0 Å². The molecular weight excluding hydrogens is 378 g/mol. The van der Waals surface area contributed by atoms with Crippen molar-refractivity contribution in [2.45, 2.75) is 52.7 Å². The van der Waals surface area contributed by atoms with Crippen LogP contribution in [0.4, 0.5) is 15.4 Å². The highest BCUT2D eigenvalue weighted by Gasteiger charge is 2.35. The van der Waals surface area contributed by atoms with Crippen LogP contribution in [0.15, 0.2) is 16.7 Å². The van der Waals surface area contributed by atoms with Crippen LogP contribution in [0.2, 0.25) is 0 Å². The molecule has 0 aromatic carbocycles. The minimum Gasteiger partial charge on any atom is -0.443 e. The maximum atomic E-state index is 12.5. The molecule has 8 heteroatoms. The average molecular weight is 398 g/mol. The number of carbonyl (C=O) groups excluding carboxylic acids is 2. The Morgan fingerprint density at radius 3 is 1.96 bits per heavy atom. The molecule has 2 amide bonds. The van der Waals surface area contributed by atoms with E-state index < -0.39 is 23.4 Å². The highest BCUT2D eigenvalue weighted by atomic mass is 79.9. The van der Waals surface area contributed by atoms with Crippen LogP contribution >= 0.6 is 15.9 Å². The van der Waals surface area contributed by atoms with E-state index in [0.717, 1.165) is 0 Å². The summed E-state index contributed by atoms with van der Waals surface area (Å²) in [6.07, 6.45) is -0.566. The smallest absolute Gasteiger partial charge is 0.425 e. The third-order valence-corrected chi connectivity index (χ3v) is 2.75. The average Bonchev–Trinajstić information content (AvgIpc) is 2.36. The number of rotatable bonds is 1. The minimum absolute atomic E-state index is 0.0288. The summed E-state index contributed by atoms with van der Waals surface area (Å²) in [5.41, 5.74) is -1.64. The number of nitriles is 1. The molecule has 0 aliphatic rings. The van der Waals surface area contributed by atoms with Gasteiger partial charge in [0.1, 0.15) is 17.3 Å². The van der Waals surface area contributed by atoms with E-state index in [-0.39, 0.29) is 11.4 Å². The molecule has 7 nitrogen and oxygen atoms in total. The van der Waals surface area contributed by atoms with E-state index in [0.29, 0.717) is 9.37 Å². The summed E-state index contributed by atoms with van der Waals surface area (Å²) in [4.78, 5) is 29.6. The molecule has 0 spiro atoms. The summed E-state index contributed by atoms with van der Waals surface area (Å²) in [7, 11) is 0. The molecule has 0 aliphatic heterocycles. The molecule has 0 saturated carbocycles. The quantitative estimate of drug-likeness (QED) is 0.697. The van der Waals surface area contributed by atoms with Crippen molar-refractivity contribution in [1.82, 2.24) is 4.98 Å². The predicted octanol–water partition coefficient (Wildman–Crippen LogP) is 4.39. The first-order valence-electron chi connectivity index (χ1n) is 7.16. The lowest BCUT2D eigenvalue weighted by Crippen LogP contribution is -2.44. The van der Waals surface area contributed by atoms with Crippen LogP contribution in [-0.4, -0.2) is 28.4 Å². The van der Waals surface area contributed by atoms with E-state index in [1.54, 1.807) is 41.5 Å². The van der Waals surface area contributed by atoms with Gasteiger partial charge in [0.15, 0.2) is 5.82 Å². The number of carbonyl (C=O) groups is 2. The molecule has 1 rings (SSSR count). The van der Waals surface area contributed by atoms with Gasteiger partial charge in [-0.05, 0) is 63.5 Å². The van der Waals surface area contributed by atoms with E-state index in [1.165, 1.54) is 12.3 Å². The maximum absolute atomic E-state index is 12.5. The summed E-state index contributed by atoms with van der Waals surface area (Å²) in [5, 5.41) is 9.28. The van der Waals surface area contributed by atoms with Crippen LogP contribution < -0.4 is 4.90 Å². The molecule has 0 fully saturated rings. The monoisotopic (exact) mass is 397 g/mol. The van der Waals surface area contributed by atoms with Gasteiger partial charge in [-0.25, -0.2) is 14.6 Å². The molecule has 0 N–H and O–H groups in total. The van der Waals surface area contributed by atoms with Gasteiger partial charge in [-0.1, -0.05) is 0 Å². The van der Waals surface area contributed by atoms with E-state index in [4.69, 9.17) is 9.47 Å². The second kappa shape index (κ2) is 7.18. The largest absolute Gasteiger partial charge is 0.443 e. The van der Waals surface area contributed by atoms with Crippen LogP contribution in [0.1, 0.15) is 47.1 Å². The summed E-state index contributed by atoms with van der Waals surface area (Å²) < 4.78 is 11.0. The maximum Gasteiger partial charge on any atom is 0.425 e. The van der Waals surface area contributed by atoms with Gasteiger partial charge in [0, 0.05) is 10.7 Å². The molecule has 1 heterocycles. The van der Waals surface area contributed by atoms with Gasteiger partial charge in [0.05, 0.1) is 5.56 Å². The molecule has 0 saturated heterocycles. The Kier molecular flexibility index (Phi) is 5.95. The summed E-state index contributed by atoms with van der Waals surface area (Å²) >= 11 is 3.19. The minimum atomic E-state index is -0.969. The molecule has 24 heavy (non-hydrogen) atoms. The first kappa shape index (κ1) is 19.9. The molecule has 130 valence electrons. The SMILES string of the molecule is CC(C)(C)OC(=O)N(C(=O)OC(C)(C)C)c1ncc(Br)cc1C#N. The Morgan fingerprint density at radius 2 is 1.58 bits per heavy atom. The standard InChI is InChI=1S/C16H20BrN3O4/c1-15(2,3)23-13(21)20(14(22)24-16(4,5)6)12-10(8-18)7-11(17)9-19-12/h7,9H,1-6H3. The molecule has 1 aromatic rings. The third-order valence-electron chi connectivity index (χ3n) is 2.32. The second-order valence-electron chi connectivity index (χ2n) is 6.93. The predicted molar refractivity (Wildman–Crippen MR) is 91.6 cm³/mol. The van der Waals surface area contributed by atoms with Crippen LogP contribution in [0.3, 0.4) is 0 Å². The Labute approximate surface area is 149 Å². The lowest BCUT2D eigenvalue weighted by atomic mass is 10.2. The fraction of sp³-hybridized carbons (Fsp3) is 0.500. The number of pyridine rings is 1. The molecule has 0 atom stereocenters. The van der Waals surface area contributed by atoms with E-state index in [9.17, 15) is 14.9 Å². The highest BCUT2D eigenvalue weighted by molar-refractivity contribution is 9.10. The van der Waals surface area contributed by atoms with Gasteiger partial charge in [-0.3, -0.25) is 0 Å². The first-order chi connectivity index (χ1) is 10.8. The van der Waals surface area contributed by atoms with Crippen LogP contribution in [0.25, 0.3) is 0 Å². The Hall–Kier alpha value is -2.14. The topological polar surface area (TPSA) is 92.5 Å². The molecular formula is C16H20BrN3O4. The molecule has 0 bridgehead atoms. The summed E-state index contributed by atoms with van der Waals surface area (Å²) in [6, 6.07) is 3.35. The molecule has 0 unspecified atom stereocenters. The van der Waals surface area contributed by atoms with Crippen molar-refractivity contribution in [1.29, 1.82) is 5.26 Å². The zero-order valence-electron chi connectivity index (χ0n) is 14.5. The lowest BCUT2D eigenvalue weighted by molar-refractivity contribution is 0.0429. The number of anilines is 1. The highest BCUT2D eigenvalue weighted by Crippen LogP contribution is 2.25. The number of ether oxygens (including phenoxy) is 2. The summed E-state index contributed by atoms with van der Waals surface area (Å²) in [5.74, 6) is -0.149. The van der Waals surface area contributed by atoms with Crippen LogP contribution in [0.5, 0.6) is 0 Å². The van der Waals surface area contributed by atoms with Crippen molar-refractivity contribution in [2.24, 2.45) is 0 Å². The van der Waals surface area contributed by atoms with Crippen molar-refractivity contribution < 1.29 is 19.1 Å². The zero-order chi connectivity index (χ0) is 18.7. The fourth-order valence-corrected chi connectivity index (χ4v) is 1.89. The Balaban J connectivity index is 3.36. The summed E-state index contributed by atoms with van der Waals surface area (Å²) in [6.45, 7) is 9.99. The van der Waals surface area contributed by atoms with Crippen molar-refractivity contribution in [3.8, 4) is 6.07 Å². The molecule has 0 radical (unpaired) electrons. The van der Waals surface area contributed by atoms with E-state index in [1.807, 2.05) is 6.07 Å².